The average Bonchev–Trinajstić information content (AvgIpc) is 2.58. The molecule has 0 aliphatic heterocycles. The van der Waals surface area contributed by atoms with Gasteiger partial charge in [0, 0.05) is 18.2 Å². The summed E-state index contributed by atoms with van der Waals surface area (Å²) in [7, 11) is 0. The second-order valence-corrected chi connectivity index (χ2v) is 6.04. The Morgan fingerprint density at radius 1 is 1.23 bits per heavy atom. The van der Waals surface area contributed by atoms with Crippen molar-refractivity contribution in [1.29, 1.82) is 0 Å². The Morgan fingerprint density at radius 2 is 1.77 bits per heavy atom. The van der Waals surface area contributed by atoms with Crippen LogP contribution < -0.4 is 11.1 Å². The van der Waals surface area contributed by atoms with E-state index >= 15 is 0 Å². The number of nitrogens with two attached hydrogens (primary N) is 1. The van der Waals surface area contributed by atoms with Crippen molar-refractivity contribution in [3.8, 4) is 0 Å². The fraction of sp³-hybridized carbons (Fsp3) is 0.588. The van der Waals surface area contributed by atoms with Gasteiger partial charge in [0.2, 0.25) is 5.91 Å². The lowest BCUT2D eigenvalue weighted by Gasteiger charge is -2.24. The van der Waals surface area contributed by atoms with E-state index in [-0.39, 0.29) is 18.4 Å². The molecule has 26 heavy (non-hydrogen) atoms. The molecule has 0 aromatic heterocycles. The zero-order chi connectivity index (χ0) is 19.9. The van der Waals surface area contributed by atoms with Crippen LogP contribution >= 0.6 is 0 Å². The smallest absolute Gasteiger partial charge is 0.383 e. The summed E-state index contributed by atoms with van der Waals surface area (Å²) >= 11 is 0. The summed E-state index contributed by atoms with van der Waals surface area (Å²) < 4.78 is 36.6. The first-order valence-corrected chi connectivity index (χ1v) is 8.47. The van der Waals surface area contributed by atoms with Gasteiger partial charge < -0.3 is 16.0 Å². The highest BCUT2D eigenvalue weighted by atomic mass is 19.4. The lowest BCUT2D eigenvalue weighted by Crippen LogP contribution is -2.42. The van der Waals surface area contributed by atoms with E-state index in [2.05, 4.69) is 15.2 Å². The number of carbonyl (C=O) groups is 2. The highest BCUT2D eigenvalue weighted by Crippen LogP contribution is 2.21. The highest BCUT2D eigenvalue weighted by Gasteiger charge is 2.39. The fourth-order valence-electron chi connectivity index (χ4n) is 2.52. The van der Waals surface area contributed by atoms with Gasteiger partial charge in [-0.05, 0) is 38.4 Å². The van der Waals surface area contributed by atoms with Gasteiger partial charge in [-0.25, -0.2) is 0 Å². The molecule has 3 N–H and O–H groups in total. The van der Waals surface area contributed by atoms with Crippen molar-refractivity contribution in [3.05, 3.63) is 23.3 Å². The molecule has 1 rings (SSSR count). The number of halogens is 3. The summed E-state index contributed by atoms with van der Waals surface area (Å²) in [4.78, 5) is 28.2. The number of nitrogens with one attached hydrogen (secondary N) is 1. The van der Waals surface area contributed by atoms with Gasteiger partial charge in [-0.2, -0.15) is 18.2 Å². The maximum atomic E-state index is 12.3. The van der Waals surface area contributed by atoms with E-state index in [1.54, 1.807) is 0 Å². The van der Waals surface area contributed by atoms with Crippen LogP contribution in [-0.4, -0.2) is 54.4 Å². The molecule has 1 aliphatic carbocycles. The summed E-state index contributed by atoms with van der Waals surface area (Å²) in [5.74, 6) is -2.94. The number of carbonyl (C=O) groups excluding carboxylic acids is 2. The molecule has 0 saturated heterocycles. The maximum Gasteiger partial charge on any atom is 0.473 e. The van der Waals surface area contributed by atoms with Gasteiger partial charge >= 0.3 is 12.1 Å². The number of hydrogen-bond acceptors (Lipinski definition) is 3. The van der Waals surface area contributed by atoms with Crippen molar-refractivity contribution in [2.75, 3.05) is 19.6 Å². The summed E-state index contributed by atoms with van der Waals surface area (Å²) in [5, 5.41) is 2.90. The molecule has 6 nitrogen and oxygen atoms in total. The molecule has 0 radical (unpaired) electrons. The lowest BCUT2D eigenvalue weighted by atomic mass is 9.97. The zero-order valence-electron chi connectivity index (χ0n) is 15.2. The maximum absolute atomic E-state index is 12.3. The molecule has 9 heteroatoms. The standard InChI is InChI=1S/C17H25F3N4O2/c1-4-24(5-2)10-11(3)22-15(25)13-8-6-12(7-9-13)14(21)23-16(26)17(18,19)20/h6,8,11H,4-5,7,9-10H2,1-3H3,(H,22,25)(H2,21,23,26). The minimum Gasteiger partial charge on any atom is -0.383 e. The van der Waals surface area contributed by atoms with Crippen molar-refractivity contribution in [2.24, 2.45) is 10.7 Å². The van der Waals surface area contributed by atoms with Gasteiger partial charge in [-0.1, -0.05) is 26.0 Å². The van der Waals surface area contributed by atoms with Gasteiger partial charge in [0.05, 0.1) is 0 Å². The third kappa shape index (κ3) is 6.62. The first-order chi connectivity index (χ1) is 12.1. The molecule has 0 saturated carbocycles. The molecule has 0 heterocycles. The van der Waals surface area contributed by atoms with Crippen LogP contribution in [0, 0.1) is 0 Å². The largest absolute Gasteiger partial charge is 0.473 e. The van der Waals surface area contributed by atoms with Crippen LogP contribution in [0.5, 0.6) is 0 Å². The molecule has 0 spiro atoms. The van der Waals surface area contributed by atoms with E-state index in [1.165, 1.54) is 12.2 Å². The molecular formula is C17H25F3N4O2. The Kier molecular flexibility index (Phi) is 8.01. The average molecular weight is 374 g/mol. The molecule has 0 fully saturated rings. The third-order valence-electron chi connectivity index (χ3n) is 4.04. The number of likely N-dealkylation sites (N-methyl/N-ethyl adjacent to an activating group) is 1. The van der Waals surface area contributed by atoms with Gasteiger partial charge in [0.25, 0.3) is 0 Å². The minimum absolute atomic E-state index is 0.0373. The Balaban J connectivity index is 2.71. The van der Waals surface area contributed by atoms with Crippen LogP contribution in [0.3, 0.4) is 0 Å². The minimum atomic E-state index is -5.05. The quantitative estimate of drug-likeness (QED) is 0.526. The summed E-state index contributed by atoms with van der Waals surface area (Å²) in [6.07, 6.45) is -1.58. The second kappa shape index (κ2) is 9.51. The molecule has 0 bridgehead atoms. The van der Waals surface area contributed by atoms with Gasteiger partial charge in [0.1, 0.15) is 5.84 Å². The van der Waals surface area contributed by atoms with Gasteiger partial charge in [-0.15, -0.1) is 0 Å². The number of alkyl halides is 3. The lowest BCUT2D eigenvalue weighted by molar-refractivity contribution is -0.169. The normalized spacial score (nSPS) is 16.8. The van der Waals surface area contributed by atoms with Crippen LogP contribution in [0.15, 0.2) is 28.3 Å². The molecule has 1 aliphatic rings. The predicted octanol–water partition coefficient (Wildman–Crippen LogP) is 1.93. The van der Waals surface area contributed by atoms with Crippen LogP contribution in [0.1, 0.15) is 33.6 Å². The SMILES string of the molecule is CCN(CC)CC(C)NC(=O)C1=CC=C(C(N)=NC(=O)C(F)(F)F)CC1. The number of nitrogens with zero attached hydrogens (tertiary/aromatic N) is 2. The van der Waals surface area contributed by atoms with Crippen LogP contribution in [0.25, 0.3) is 0 Å². The Hall–Kier alpha value is -2.16. The Morgan fingerprint density at radius 3 is 2.23 bits per heavy atom. The van der Waals surface area contributed by atoms with Crippen LogP contribution in [-0.2, 0) is 9.59 Å². The van der Waals surface area contributed by atoms with E-state index in [0.717, 1.165) is 19.6 Å². The first-order valence-electron chi connectivity index (χ1n) is 8.47. The zero-order valence-corrected chi connectivity index (χ0v) is 15.2. The molecule has 0 aromatic carbocycles. The predicted molar refractivity (Wildman–Crippen MR) is 93.5 cm³/mol. The Labute approximate surface area is 151 Å². The molecule has 0 aromatic rings. The topological polar surface area (TPSA) is 87.8 Å². The second-order valence-electron chi connectivity index (χ2n) is 6.04. The van der Waals surface area contributed by atoms with E-state index in [9.17, 15) is 22.8 Å². The monoisotopic (exact) mass is 374 g/mol. The van der Waals surface area contributed by atoms with Crippen molar-refractivity contribution in [3.63, 3.8) is 0 Å². The summed E-state index contributed by atoms with van der Waals surface area (Å²) in [6.45, 7) is 8.51. The van der Waals surface area contributed by atoms with E-state index in [4.69, 9.17) is 5.73 Å². The summed E-state index contributed by atoms with van der Waals surface area (Å²) in [5.41, 5.74) is 6.27. The molecular weight excluding hydrogens is 349 g/mol. The fourth-order valence-corrected chi connectivity index (χ4v) is 2.52. The van der Waals surface area contributed by atoms with E-state index in [0.29, 0.717) is 17.6 Å². The third-order valence-corrected chi connectivity index (χ3v) is 4.04. The number of amidine groups is 1. The highest BCUT2D eigenvalue weighted by molar-refractivity contribution is 6.05. The van der Waals surface area contributed by atoms with Crippen molar-refractivity contribution < 1.29 is 22.8 Å². The number of rotatable bonds is 7. The van der Waals surface area contributed by atoms with E-state index in [1.807, 2.05) is 20.8 Å². The van der Waals surface area contributed by atoms with Crippen molar-refractivity contribution in [2.45, 2.75) is 45.8 Å². The molecule has 146 valence electrons. The van der Waals surface area contributed by atoms with Gasteiger partial charge in [0.15, 0.2) is 0 Å². The molecule has 1 atom stereocenters. The van der Waals surface area contributed by atoms with Crippen LogP contribution in [0.4, 0.5) is 13.2 Å². The first kappa shape index (κ1) is 21.9. The number of hydrogen-bond donors (Lipinski definition) is 2. The molecule has 1 unspecified atom stereocenters. The number of aliphatic imine (C=N–C) groups is 1. The summed E-state index contributed by atoms with van der Waals surface area (Å²) in [6, 6.07) is -0.0373. The molecule has 2 amide bonds. The number of amides is 2. The van der Waals surface area contributed by atoms with E-state index < -0.39 is 17.9 Å². The number of allylic oxidation sites excluding steroid dienone is 2. The van der Waals surface area contributed by atoms with Crippen molar-refractivity contribution in [1.82, 2.24) is 10.2 Å². The van der Waals surface area contributed by atoms with Gasteiger partial charge in [-0.3, -0.25) is 9.59 Å². The van der Waals surface area contributed by atoms with Crippen molar-refractivity contribution >= 4 is 17.6 Å². The van der Waals surface area contributed by atoms with Crippen LogP contribution in [0.2, 0.25) is 0 Å². The Bertz CT molecular complexity index is 620.